The van der Waals surface area contributed by atoms with E-state index in [4.69, 9.17) is 4.74 Å². The van der Waals surface area contributed by atoms with Gasteiger partial charge in [-0.2, -0.15) is 9.78 Å². The minimum atomic E-state index is -0.549. The van der Waals surface area contributed by atoms with Crippen LogP contribution >= 0.6 is 15.9 Å². The number of ether oxygens (including phenoxy) is 1. The highest BCUT2D eigenvalue weighted by atomic mass is 79.9. The van der Waals surface area contributed by atoms with Crippen LogP contribution in [0.1, 0.15) is 26.5 Å². The number of halogens is 1. The normalized spacial score (nSPS) is 11.8. The van der Waals surface area contributed by atoms with Crippen molar-refractivity contribution >= 4 is 33.1 Å². The number of aromatic nitrogens is 3. The van der Waals surface area contributed by atoms with E-state index in [9.17, 15) is 4.79 Å². The molecular formula is C12H14BrN3O2. The monoisotopic (exact) mass is 311 g/mol. The van der Waals surface area contributed by atoms with Gasteiger partial charge in [-0.05, 0) is 32.9 Å². The van der Waals surface area contributed by atoms with Crippen LogP contribution in [0.3, 0.4) is 0 Å². The third kappa shape index (κ3) is 2.53. The van der Waals surface area contributed by atoms with Gasteiger partial charge in [0.05, 0.1) is 11.2 Å². The molecule has 2 aromatic heterocycles. The number of hydrogen-bond donors (Lipinski definition) is 0. The molecule has 0 N–H and O–H groups in total. The summed E-state index contributed by atoms with van der Waals surface area (Å²) in [6.07, 6.45) is 1.18. The Kier molecular flexibility index (Phi) is 3.38. The lowest BCUT2D eigenvalue weighted by Crippen LogP contribution is -2.27. The summed E-state index contributed by atoms with van der Waals surface area (Å²) < 4.78 is 6.56. The lowest BCUT2D eigenvalue weighted by atomic mass is 10.2. The van der Waals surface area contributed by atoms with Gasteiger partial charge in [-0.1, -0.05) is 15.9 Å². The van der Waals surface area contributed by atoms with Crippen LogP contribution in [0, 0.1) is 0 Å². The molecule has 0 aromatic carbocycles. The molecule has 2 aromatic rings. The first-order chi connectivity index (χ1) is 8.42. The van der Waals surface area contributed by atoms with Crippen LogP contribution in [0.15, 0.2) is 18.3 Å². The molecule has 0 amide bonds. The van der Waals surface area contributed by atoms with E-state index < -0.39 is 11.7 Å². The molecule has 0 atom stereocenters. The topological polar surface area (TPSA) is 57.0 Å². The molecule has 0 spiro atoms. The highest BCUT2D eigenvalue weighted by Gasteiger charge is 2.21. The van der Waals surface area contributed by atoms with Crippen molar-refractivity contribution in [3.05, 3.63) is 24.0 Å². The van der Waals surface area contributed by atoms with E-state index in [0.717, 1.165) is 5.69 Å². The molecule has 0 bridgehead atoms. The standard InChI is InChI=1S/C12H14BrN3O2/c1-12(2,3)18-11(17)16-9-5-4-6-14-10(9)8(7-13)15-16/h4-6H,7H2,1-3H3. The molecule has 0 fully saturated rings. The number of hydrogen-bond acceptors (Lipinski definition) is 4. The van der Waals surface area contributed by atoms with Gasteiger partial charge in [0.25, 0.3) is 0 Å². The Morgan fingerprint density at radius 3 is 2.83 bits per heavy atom. The van der Waals surface area contributed by atoms with Crippen LogP contribution in [0.25, 0.3) is 11.0 Å². The summed E-state index contributed by atoms with van der Waals surface area (Å²) in [5.41, 5.74) is 1.53. The summed E-state index contributed by atoms with van der Waals surface area (Å²) in [5.74, 6) is 0. The highest BCUT2D eigenvalue weighted by Crippen LogP contribution is 2.19. The average Bonchev–Trinajstić information content (AvgIpc) is 2.65. The molecule has 6 heteroatoms. The van der Waals surface area contributed by atoms with Crippen LogP contribution in [0.2, 0.25) is 0 Å². The Morgan fingerprint density at radius 2 is 2.22 bits per heavy atom. The Hall–Kier alpha value is -1.43. The zero-order valence-electron chi connectivity index (χ0n) is 10.5. The van der Waals surface area contributed by atoms with Crippen molar-refractivity contribution in [1.29, 1.82) is 0 Å². The first kappa shape index (κ1) is 13.0. The number of rotatable bonds is 1. The largest absolute Gasteiger partial charge is 0.442 e. The molecule has 2 rings (SSSR count). The highest BCUT2D eigenvalue weighted by molar-refractivity contribution is 9.08. The molecule has 0 radical (unpaired) electrons. The van der Waals surface area contributed by atoms with Crippen LogP contribution in [-0.2, 0) is 10.1 Å². The van der Waals surface area contributed by atoms with E-state index in [1.807, 2.05) is 20.8 Å². The lowest BCUT2D eigenvalue weighted by molar-refractivity contribution is 0.0522. The SMILES string of the molecule is CC(C)(C)OC(=O)n1nc(CBr)c2ncccc21. The smallest absolute Gasteiger partial charge is 0.435 e. The third-order valence-electron chi connectivity index (χ3n) is 2.20. The molecular weight excluding hydrogens is 298 g/mol. The van der Waals surface area contributed by atoms with Crippen molar-refractivity contribution in [2.24, 2.45) is 0 Å². The molecule has 5 nitrogen and oxygen atoms in total. The lowest BCUT2D eigenvalue weighted by Gasteiger charge is -2.19. The minimum Gasteiger partial charge on any atom is -0.442 e. The van der Waals surface area contributed by atoms with Gasteiger partial charge in [0.15, 0.2) is 0 Å². The van der Waals surface area contributed by atoms with E-state index in [2.05, 4.69) is 26.0 Å². The molecule has 0 unspecified atom stereocenters. The summed E-state index contributed by atoms with van der Waals surface area (Å²) in [6, 6.07) is 3.56. The first-order valence-corrected chi connectivity index (χ1v) is 6.66. The summed E-state index contributed by atoms with van der Waals surface area (Å²) >= 11 is 3.33. The second-order valence-corrected chi connectivity index (χ2v) is 5.40. The van der Waals surface area contributed by atoms with Crippen molar-refractivity contribution in [3.8, 4) is 0 Å². The number of pyridine rings is 1. The van der Waals surface area contributed by atoms with Crippen molar-refractivity contribution in [3.63, 3.8) is 0 Å². The van der Waals surface area contributed by atoms with Gasteiger partial charge >= 0.3 is 6.09 Å². The number of alkyl halides is 1. The van der Waals surface area contributed by atoms with Gasteiger partial charge in [-0.15, -0.1) is 0 Å². The minimum absolute atomic E-state index is 0.493. The second kappa shape index (κ2) is 4.68. The molecule has 0 aliphatic heterocycles. The third-order valence-corrected chi connectivity index (χ3v) is 2.73. The van der Waals surface area contributed by atoms with E-state index in [1.165, 1.54) is 4.68 Å². The molecule has 0 aliphatic rings. The molecule has 96 valence electrons. The maximum Gasteiger partial charge on any atom is 0.435 e. The van der Waals surface area contributed by atoms with Crippen LogP contribution in [0.4, 0.5) is 4.79 Å². The predicted octanol–water partition coefficient (Wildman–Crippen LogP) is 3.11. The maximum atomic E-state index is 12.0. The van der Waals surface area contributed by atoms with E-state index in [-0.39, 0.29) is 0 Å². The summed E-state index contributed by atoms with van der Waals surface area (Å²) in [4.78, 5) is 16.3. The molecule has 0 saturated carbocycles. The summed E-state index contributed by atoms with van der Waals surface area (Å²) in [7, 11) is 0. The van der Waals surface area contributed by atoms with Gasteiger partial charge in [0.1, 0.15) is 11.1 Å². The van der Waals surface area contributed by atoms with E-state index in [1.54, 1.807) is 18.3 Å². The second-order valence-electron chi connectivity index (χ2n) is 4.84. The van der Waals surface area contributed by atoms with Crippen molar-refractivity contribution in [2.45, 2.75) is 31.7 Å². The summed E-state index contributed by atoms with van der Waals surface area (Å²) in [6.45, 7) is 5.46. The molecule has 0 aliphatic carbocycles. The van der Waals surface area contributed by atoms with Crippen LogP contribution in [-0.4, -0.2) is 26.5 Å². The van der Waals surface area contributed by atoms with Gasteiger partial charge in [0, 0.05) is 11.5 Å². The fraction of sp³-hybridized carbons (Fsp3) is 0.417. The number of fused-ring (bicyclic) bond motifs is 1. The zero-order valence-corrected chi connectivity index (χ0v) is 12.1. The molecule has 0 saturated heterocycles. The number of carbonyl (C=O) groups is 1. The van der Waals surface area contributed by atoms with Gasteiger partial charge in [0.2, 0.25) is 0 Å². The quantitative estimate of drug-likeness (QED) is 0.759. The first-order valence-electron chi connectivity index (χ1n) is 5.54. The van der Waals surface area contributed by atoms with Gasteiger partial charge < -0.3 is 4.74 Å². The summed E-state index contributed by atoms with van der Waals surface area (Å²) in [5, 5.41) is 4.76. The van der Waals surface area contributed by atoms with Crippen molar-refractivity contribution in [2.75, 3.05) is 0 Å². The Balaban J connectivity index is 2.48. The van der Waals surface area contributed by atoms with E-state index in [0.29, 0.717) is 16.4 Å². The fourth-order valence-corrected chi connectivity index (χ4v) is 1.92. The Bertz CT molecular complexity index is 587. The van der Waals surface area contributed by atoms with Crippen LogP contribution in [0.5, 0.6) is 0 Å². The number of carbonyl (C=O) groups excluding carboxylic acids is 1. The fourth-order valence-electron chi connectivity index (χ4n) is 1.55. The van der Waals surface area contributed by atoms with Crippen molar-refractivity contribution < 1.29 is 9.53 Å². The molecule has 18 heavy (non-hydrogen) atoms. The van der Waals surface area contributed by atoms with Gasteiger partial charge in [-0.3, -0.25) is 4.98 Å². The van der Waals surface area contributed by atoms with Gasteiger partial charge in [-0.25, -0.2) is 4.79 Å². The molecule has 2 heterocycles. The Labute approximate surface area is 113 Å². The Morgan fingerprint density at radius 1 is 1.50 bits per heavy atom. The predicted molar refractivity (Wildman–Crippen MR) is 71.8 cm³/mol. The maximum absolute atomic E-state index is 12.0. The zero-order chi connectivity index (χ0) is 13.3. The average molecular weight is 312 g/mol. The number of nitrogens with zero attached hydrogens (tertiary/aromatic N) is 3. The van der Waals surface area contributed by atoms with Crippen molar-refractivity contribution in [1.82, 2.24) is 14.8 Å². The van der Waals surface area contributed by atoms with Crippen LogP contribution < -0.4 is 0 Å². The van der Waals surface area contributed by atoms with E-state index >= 15 is 0 Å².